The molecule has 0 fully saturated rings. The minimum atomic E-state index is -1.04. The highest BCUT2D eigenvalue weighted by Gasteiger charge is 2.26. The number of nitrogens with one attached hydrogen (secondary N) is 1. The molecule has 0 aliphatic carbocycles. The van der Waals surface area contributed by atoms with E-state index in [1.165, 1.54) is 23.7 Å². The molecule has 1 N–H and O–H groups in total. The number of ether oxygens (including phenoxy) is 1. The summed E-state index contributed by atoms with van der Waals surface area (Å²) >= 11 is 6.34. The van der Waals surface area contributed by atoms with E-state index < -0.39 is 18.0 Å². The summed E-state index contributed by atoms with van der Waals surface area (Å²) in [7, 11) is 0. The summed E-state index contributed by atoms with van der Waals surface area (Å²) in [6.07, 6.45) is -1.04. The van der Waals surface area contributed by atoms with Crippen LogP contribution in [0.25, 0.3) is 5.69 Å². The van der Waals surface area contributed by atoms with Gasteiger partial charge in [-0.2, -0.15) is 5.10 Å². The number of esters is 1. The lowest BCUT2D eigenvalue weighted by molar-refractivity contribution is -0.129. The zero-order chi connectivity index (χ0) is 21.0. The molecule has 1 aromatic heterocycles. The third-order valence-electron chi connectivity index (χ3n) is 4.24. The minimum Gasteiger partial charge on any atom is -0.449 e. The number of carbonyl (C=O) groups excluding carboxylic acids is 2. The Hall–Kier alpha value is -3.19. The van der Waals surface area contributed by atoms with E-state index in [4.69, 9.17) is 16.3 Å². The lowest BCUT2D eigenvalue weighted by Gasteiger charge is -2.13. The normalized spacial score (nSPS) is 11.7. The first-order valence-corrected chi connectivity index (χ1v) is 9.28. The number of halogens is 2. The fraction of sp³-hybridized carbons (Fsp3) is 0.190. The van der Waals surface area contributed by atoms with E-state index in [9.17, 15) is 14.0 Å². The first-order valence-electron chi connectivity index (χ1n) is 8.90. The minimum absolute atomic E-state index is 0.105. The van der Waals surface area contributed by atoms with Crippen molar-refractivity contribution in [1.29, 1.82) is 0 Å². The number of hydrogen-bond donors (Lipinski definition) is 1. The number of para-hydroxylation sites is 1. The molecule has 3 rings (SSSR count). The summed E-state index contributed by atoms with van der Waals surface area (Å²) in [4.78, 5) is 24.8. The van der Waals surface area contributed by atoms with Gasteiger partial charge in [-0.05, 0) is 43.7 Å². The predicted octanol–water partition coefficient (Wildman–Crippen LogP) is 3.83. The van der Waals surface area contributed by atoms with Gasteiger partial charge in [0.2, 0.25) is 0 Å². The number of rotatable bonds is 6. The molecule has 0 spiro atoms. The predicted molar refractivity (Wildman–Crippen MR) is 106 cm³/mol. The lowest BCUT2D eigenvalue weighted by atomic mass is 10.2. The summed E-state index contributed by atoms with van der Waals surface area (Å²) in [5.41, 5.74) is 1.92. The van der Waals surface area contributed by atoms with E-state index in [0.717, 1.165) is 5.56 Å². The van der Waals surface area contributed by atoms with E-state index >= 15 is 0 Å². The van der Waals surface area contributed by atoms with Crippen LogP contribution in [0.1, 0.15) is 28.5 Å². The van der Waals surface area contributed by atoms with Crippen LogP contribution in [0.2, 0.25) is 5.15 Å². The second-order valence-corrected chi connectivity index (χ2v) is 6.75. The highest BCUT2D eigenvalue weighted by Crippen LogP contribution is 2.24. The molecule has 29 heavy (non-hydrogen) atoms. The van der Waals surface area contributed by atoms with Gasteiger partial charge in [0, 0.05) is 6.54 Å². The molecule has 0 saturated heterocycles. The van der Waals surface area contributed by atoms with Gasteiger partial charge in [-0.25, -0.2) is 13.9 Å². The van der Waals surface area contributed by atoms with Crippen molar-refractivity contribution in [3.63, 3.8) is 0 Å². The van der Waals surface area contributed by atoms with Crippen molar-refractivity contribution in [2.24, 2.45) is 0 Å². The van der Waals surface area contributed by atoms with Gasteiger partial charge >= 0.3 is 5.97 Å². The summed E-state index contributed by atoms with van der Waals surface area (Å²) in [6, 6.07) is 14.9. The molecule has 0 aliphatic rings. The standard InChI is InChI=1S/C21H19ClFN3O3/c1-13-18(19(22)26(25-13)17-6-4-3-5-7-17)21(28)29-14(2)20(27)24-12-15-8-10-16(23)11-9-15/h3-11,14H,12H2,1-2H3,(H,24,27)/t14-/m1/s1. The second kappa shape index (κ2) is 8.87. The van der Waals surface area contributed by atoms with Crippen LogP contribution in [-0.4, -0.2) is 27.8 Å². The lowest BCUT2D eigenvalue weighted by Crippen LogP contribution is -2.35. The number of nitrogens with zero attached hydrogens (tertiary/aromatic N) is 2. The highest BCUT2D eigenvalue weighted by atomic mass is 35.5. The van der Waals surface area contributed by atoms with Crippen LogP contribution in [0.5, 0.6) is 0 Å². The van der Waals surface area contributed by atoms with Crippen molar-refractivity contribution in [2.75, 3.05) is 0 Å². The summed E-state index contributed by atoms with van der Waals surface area (Å²) < 4.78 is 19.6. The van der Waals surface area contributed by atoms with Gasteiger partial charge in [0.15, 0.2) is 6.10 Å². The van der Waals surface area contributed by atoms with Crippen LogP contribution < -0.4 is 5.32 Å². The Kier molecular flexibility index (Phi) is 6.29. The van der Waals surface area contributed by atoms with Crippen molar-refractivity contribution in [3.05, 3.63) is 82.4 Å². The summed E-state index contributed by atoms with van der Waals surface area (Å²) in [5.74, 6) is -1.57. The Morgan fingerprint density at radius 1 is 1.17 bits per heavy atom. The number of carbonyl (C=O) groups is 2. The first-order chi connectivity index (χ1) is 13.9. The molecule has 1 amide bonds. The highest BCUT2D eigenvalue weighted by molar-refractivity contribution is 6.33. The van der Waals surface area contributed by atoms with E-state index in [-0.39, 0.29) is 23.1 Å². The van der Waals surface area contributed by atoms with Crippen molar-refractivity contribution >= 4 is 23.5 Å². The monoisotopic (exact) mass is 415 g/mol. The van der Waals surface area contributed by atoms with Crippen molar-refractivity contribution < 1.29 is 18.7 Å². The van der Waals surface area contributed by atoms with Crippen LogP contribution in [0, 0.1) is 12.7 Å². The smallest absolute Gasteiger partial charge is 0.344 e. The zero-order valence-electron chi connectivity index (χ0n) is 15.9. The van der Waals surface area contributed by atoms with Crippen LogP contribution in [0.15, 0.2) is 54.6 Å². The van der Waals surface area contributed by atoms with Crippen molar-refractivity contribution in [2.45, 2.75) is 26.5 Å². The SMILES string of the molecule is Cc1nn(-c2ccccc2)c(Cl)c1C(=O)O[C@H](C)C(=O)NCc1ccc(F)cc1. The number of aryl methyl sites for hydroxylation is 1. The maximum atomic E-state index is 12.9. The summed E-state index contributed by atoms with van der Waals surface area (Å²) in [5, 5.41) is 7.04. The molecule has 150 valence electrons. The van der Waals surface area contributed by atoms with E-state index in [1.807, 2.05) is 18.2 Å². The number of benzene rings is 2. The number of aromatic nitrogens is 2. The van der Waals surface area contributed by atoms with Gasteiger partial charge in [0.05, 0.1) is 11.4 Å². The van der Waals surface area contributed by atoms with Gasteiger partial charge in [-0.15, -0.1) is 0 Å². The van der Waals surface area contributed by atoms with Gasteiger partial charge in [-0.3, -0.25) is 4.79 Å². The largest absolute Gasteiger partial charge is 0.449 e. The maximum Gasteiger partial charge on any atom is 0.344 e. The zero-order valence-corrected chi connectivity index (χ0v) is 16.6. The van der Waals surface area contributed by atoms with Crippen molar-refractivity contribution in [3.8, 4) is 5.69 Å². The fourth-order valence-corrected chi connectivity index (χ4v) is 3.03. The Labute approximate surface area is 172 Å². The van der Waals surface area contributed by atoms with Gasteiger partial charge in [-0.1, -0.05) is 41.9 Å². The fourth-order valence-electron chi connectivity index (χ4n) is 2.68. The second-order valence-electron chi connectivity index (χ2n) is 6.39. The molecule has 1 atom stereocenters. The molecule has 0 bridgehead atoms. The Morgan fingerprint density at radius 3 is 2.48 bits per heavy atom. The van der Waals surface area contributed by atoms with E-state index in [1.54, 1.807) is 31.2 Å². The quantitative estimate of drug-likeness (QED) is 0.621. The third-order valence-corrected chi connectivity index (χ3v) is 4.59. The molecule has 0 aliphatic heterocycles. The molecular formula is C21H19ClFN3O3. The average Bonchev–Trinajstić information content (AvgIpc) is 3.02. The molecule has 0 unspecified atom stereocenters. The van der Waals surface area contributed by atoms with E-state index in [0.29, 0.717) is 11.4 Å². The maximum absolute atomic E-state index is 12.9. The molecule has 2 aromatic carbocycles. The molecule has 0 saturated carbocycles. The van der Waals surface area contributed by atoms with Crippen LogP contribution in [-0.2, 0) is 16.1 Å². The van der Waals surface area contributed by atoms with Gasteiger partial charge in [0.1, 0.15) is 16.5 Å². The Balaban J connectivity index is 1.65. The molecule has 1 heterocycles. The first kappa shape index (κ1) is 20.5. The van der Waals surface area contributed by atoms with Crippen LogP contribution >= 0.6 is 11.6 Å². The molecule has 6 nitrogen and oxygen atoms in total. The third kappa shape index (κ3) is 4.81. The topological polar surface area (TPSA) is 73.2 Å². The Bertz CT molecular complexity index is 1020. The molecule has 8 heteroatoms. The van der Waals surface area contributed by atoms with Crippen LogP contribution in [0.4, 0.5) is 4.39 Å². The summed E-state index contributed by atoms with van der Waals surface area (Å²) in [6.45, 7) is 3.29. The Morgan fingerprint density at radius 2 is 1.83 bits per heavy atom. The number of hydrogen-bond acceptors (Lipinski definition) is 4. The van der Waals surface area contributed by atoms with E-state index in [2.05, 4.69) is 10.4 Å². The van der Waals surface area contributed by atoms with Gasteiger partial charge in [0.25, 0.3) is 5.91 Å². The molecule has 3 aromatic rings. The molecular weight excluding hydrogens is 397 g/mol. The molecule has 0 radical (unpaired) electrons. The van der Waals surface area contributed by atoms with Gasteiger partial charge < -0.3 is 10.1 Å². The van der Waals surface area contributed by atoms with Crippen LogP contribution in [0.3, 0.4) is 0 Å². The average molecular weight is 416 g/mol. The number of amides is 1. The van der Waals surface area contributed by atoms with Crippen molar-refractivity contribution in [1.82, 2.24) is 15.1 Å².